The summed E-state index contributed by atoms with van der Waals surface area (Å²) in [5.74, 6) is -1.98. The number of halogens is 1. The number of amides is 4. The second-order valence-electron chi connectivity index (χ2n) is 9.00. The van der Waals surface area contributed by atoms with Crippen molar-refractivity contribution in [1.82, 2.24) is 21.3 Å². The van der Waals surface area contributed by atoms with Crippen molar-refractivity contribution in [2.45, 2.75) is 6.92 Å². The van der Waals surface area contributed by atoms with E-state index in [4.69, 9.17) is 0 Å². The molecule has 0 bridgehead atoms. The van der Waals surface area contributed by atoms with E-state index in [0.717, 1.165) is 11.8 Å². The standard InChI is InChI=1S/C30H33N4O5PS.BrH/c1-23(35)41-22-30(39)34-21-29(38)33-20-28(37)32-19-27(36)31-17-18-40(24-11-5-2-6-12-24,25-13-7-3-8-14-25)26-15-9-4-10-16-26;/h2-16H,17-22H2,1H3,(H3-,31,32,33,34,36,37,38,39);1H. The highest BCUT2D eigenvalue weighted by Crippen LogP contribution is 2.54. The molecule has 9 nitrogen and oxygen atoms in total. The first kappa shape index (κ1) is 34.7. The van der Waals surface area contributed by atoms with Crippen LogP contribution in [0.25, 0.3) is 0 Å². The van der Waals surface area contributed by atoms with Crippen LogP contribution in [0, 0.1) is 0 Å². The van der Waals surface area contributed by atoms with E-state index in [1.54, 1.807) is 0 Å². The molecular weight excluding hydrogens is 639 g/mol. The zero-order valence-electron chi connectivity index (χ0n) is 23.2. The van der Waals surface area contributed by atoms with Crippen LogP contribution >= 0.6 is 19.0 Å². The van der Waals surface area contributed by atoms with Gasteiger partial charge in [-0.2, -0.15) is 0 Å². The third kappa shape index (κ3) is 10.7. The van der Waals surface area contributed by atoms with Crippen LogP contribution in [-0.4, -0.2) is 66.8 Å². The molecule has 3 aromatic carbocycles. The first-order valence-corrected chi connectivity index (χ1v) is 16.0. The minimum Gasteiger partial charge on any atom is -1.00 e. The van der Waals surface area contributed by atoms with Gasteiger partial charge in [-0.1, -0.05) is 66.4 Å². The Morgan fingerprint density at radius 3 is 1.31 bits per heavy atom. The Labute approximate surface area is 261 Å². The van der Waals surface area contributed by atoms with Crippen molar-refractivity contribution >= 4 is 63.7 Å². The van der Waals surface area contributed by atoms with E-state index >= 15 is 0 Å². The van der Waals surface area contributed by atoms with Gasteiger partial charge in [-0.05, 0) is 36.4 Å². The van der Waals surface area contributed by atoms with Gasteiger partial charge < -0.3 is 38.2 Å². The molecule has 3 aromatic rings. The fourth-order valence-corrected chi connectivity index (χ4v) is 8.78. The van der Waals surface area contributed by atoms with E-state index < -0.39 is 25.0 Å². The molecule has 3 rings (SSSR count). The highest BCUT2D eigenvalue weighted by atomic mass is 79.9. The van der Waals surface area contributed by atoms with Gasteiger partial charge in [0.15, 0.2) is 5.12 Å². The molecule has 12 heteroatoms. The van der Waals surface area contributed by atoms with Crippen LogP contribution in [0.5, 0.6) is 0 Å². The monoisotopic (exact) mass is 672 g/mol. The van der Waals surface area contributed by atoms with Crippen LogP contribution in [-0.2, 0) is 24.0 Å². The van der Waals surface area contributed by atoms with Gasteiger partial charge in [0.2, 0.25) is 23.6 Å². The van der Waals surface area contributed by atoms with Crippen molar-refractivity contribution < 1.29 is 41.0 Å². The topological polar surface area (TPSA) is 133 Å². The second kappa shape index (κ2) is 18.1. The molecule has 4 N–H and O–H groups in total. The molecule has 42 heavy (non-hydrogen) atoms. The van der Waals surface area contributed by atoms with Crippen LogP contribution in [0.4, 0.5) is 0 Å². The lowest BCUT2D eigenvalue weighted by atomic mass is 10.4. The summed E-state index contributed by atoms with van der Waals surface area (Å²) in [4.78, 5) is 59.0. The molecule has 0 unspecified atom stereocenters. The highest BCUT2D eigenvalue weighted by molar-refractivity contribution is 8.14. The van der Waals surface area contributed by atoms with Crippen molar-refractivity contribution in [2.75, 3.05) is 38.1 Å². The Morgan fingerprint density at radius 1 is 0.571 bits per heavy atom. The number of hydrogen-bond donors (Lipinski definition) is 4. The van der Waals surface area contributed by atoms with E-state index in [9.17, 15) is 24.0 Å². The largest absolute Gasteiger partial charge is 1.00 e. The first-order chi connectivity index (χ1) is 19.8. The van der Waals surface area contributed by atoms with Crippen molar-refractivity contribution in [3.8, 4) is 0 Å². The van der Waals surface area contributed by atoms with Crippen molar-refractivity contribution in [2.24, 2.45) is 0 Å². The lowest BCUT2D eigenvalue weighted by Crippen LogP contribution is -3.00. The zero-order valence-corrected chi connectivity index (χ0v) is 26.5. The molecule has 0 aromatic heterocycles. The molecule has 0 aliphatic rings. The Bertz CT molecular complexity index is 1240. The summed E-state index contributed by atoms with van der Waals surface area (Å²) in [6.45, 7) is 0.855. The molecule has 0 fully saturated rings. The number of rotatable bonds is 14. The van der Waals surface area contributed by atoms with Crippen molar-refractivity contribution in [1.29, 1.82) is 0 Å². The summed E-state index contributed by atoms with van der Waals surface area (Å²) in [7, 11) is -2.09. The van der Waals surface area contributed by atoms with E-state index in [1.807, 2.05) is 54.6 Å². The maximum Gasteiger partial charge on any atom is 0.239 e. The summed E-state index contributed by atoms with van der Waals surface area (Å²) >= 11 is 0.839. The maximum absolute atomic E-state index is 12.6. The van der Waals surface area contributed by atoms with Gasteiger partial charge in [0.25, 0.3) is 0 Å². The molecule has 0 spiro atoms. The number of nitrogens with one attached hydrogen (secondary N) is 4. The summed E-state index contributed by atoms with van der Waals surface area (Å²) in [5, 5.41) is 13.6. The second-order valence-corrected chi connectivity index (χ2v) is 13.8. The number of thioether (sulfide) groups is 1. The summed E-state index contributed by atoms with van der Waals surface area (Å²) < 4.78 is 0. The molecule has 0 aliphatic heterocycles. The van der Waals surface area contributed by atoms with Gasteiger partial charge in [0.1, 0.15) is 23.2 Å². The van der Waals surface area contributed by atoms with Crippen molar-refractivity contribution in [3.05, 3.63) is 91.0 Å². The Kier molecular flexibility index (Phi) is 14.9. The van der Waals surface area contributed by atoms with Crippen LogP contribution in [0.2, 0.25) is 0 Å². The van der Waals surface area contributed by atoms with Gasteiger partial charge in [0, 0.05) is 6.92 Å². The van der Waals surface area contributed by atoms with Crippen LogP contribution in [0.15, 0.2) is 91.0 Å². The molecule has 222 valence electrons. The van der Waals surface area contributed by atoms with Crippen LogP contribution in [0.1, 0.15) is 6.92 Å². The Morgan fingerprint density at radius 2 is 0.929 bits per heavy atom. The fraction of sp³-hybridized carbons (Fsp3) is 0.233. The predicted molar refractivity (Wildman–Crippen MR) is 165 cm³/mol. The molecule has 0 atom stereocenters. The Hall–Kier alpha value is -3.53. The molecule has 4 amide bonds. The van der Waals surface area contributed by atoms with Crippen molar-refractivity contribution in [3.63, 3.8) is 0 Å². The Balaban J connectivity index is 0.00000616. The third-order valence-corrected chi connectivity index (χ3v) is 11.4. The molecule has 0 heterocycles. The van der Waals surface area contributed by atoms with Crippen LogP contribution < -0.4 is 54.2 Å². The first-order valence-electron chi connectivity index (χ1n) is 13.1. The van der Waals surface area contributed by atoms with E-state index in [1.165, 1.54) is 22.8 Å². The predicted octanol–water partition coefficient (Wildman–Crippen LogP) is -2.27. The molecule has 0 saturated carbocycles. The molecule has 0 radical (unpaired) electrons. The summed E-state index contributed by atoms with van der Waals surface area (Å²) in [5.41, 5.74) is 0. The smallest absolute Gasteiger partial charge is 0.239 e. The minimum atomic E-state index is -2.09. The molecule has 0 aliphatic carbocycles. The zero-order chi connectivity index (χ0) is 29.5. The average Bonchev–Trinajstić information content (AvgIpc) is 3.00. The highest BCUT2D eigenvalue weighted by Gasteiger charge is 2.44. The van der Waals surface area contributed by atoms with Gasteiger partial charge in [0.05, 0.1) is 38.1 Å². The number of benzene rings is 3. The maximum atomic E-state index is 12.6. The number of carbonyl (C=O) groups excluding carboxylic acids is 5. The SMILES string of the molecule is CC(=O)SCC(=O)NCC(=O)NCC(=O)NCC(=O)NCC[P+](c1ccccc1)(c1ccccc1)c1ccccc1.[Br-]. The van der Waals surface area contributed by atoms with Gasteiger partial charge in [-0.25, -0.2) is 0 Å². The van der Waals surface area contributed by atoms with Gasteiger partial charge in [-0.3, -0.25) is 24.0 Å². The minimum absolute atomic E-state index is 0. The molecular formula is C30H34BrN4O5PS. The quantitative estimate of drug-likeness (QED) is 0.143. The van der Waals surface area contributed by atoms with Gasteiger partial charge in [-0.15, -0.1) is 0 Å². The normalized spacial score (nSPS) is 10.5. The van der Waals surface area contributed by atoms with Gasteiger partial charge >= 0.3 is 0 Å². The average molecular weight is 674 g/mol. The number of hydrogen-bond acceptors (Lipinski definition) is 6. The molecule has 0 saturated heterocycles. The summed E-state index contributed by atoms with van der Waals surface area (Å²) in [6, 6.07) is 31.0. The lowest BCUT2D eigenvalue weighted by Gasteiger charge is -2.27. The lowest BCUT2D eigenvalue weighted by molar-refractivity contribution is -0.128. The summed E-state index contributed by atoms with van der Waals surface area (Å²) in [6.07, 6.45) is 0.692. The van der Waals surface area contributed by atoms with E-state index in [-0.39, 0.29) is 53.4 Å². The van der Waals surface area contributed by atoms with E-state index in [0.29, 0.717) is 12.7 Å². The fourth-order valence-electron chi connectivity index (χ4n) is 4.19. The van der Waals surface area contributed by atoms with Crippen LogP contribution in [0.3, 0.4) is 0 Å². The number of carbonyl (C=O) groups is 5. The third-order valence-electron chi connectivity index (χ3n) is 6.11. The van der Waals surface area contributed by atoms with E-state index in [2.05, 4.69) is 57.7 Å².